The van der Waals surface area contributed by atoms with Crippen molar-refractivity contribution in [1.29, 1.82) is 0 Å². The van der Waals surface area contributed by atoms with Gasteiger partial charge in [-0.2, -0.15) is 4.31 Å². The average Bonchev–Trinajstić information content (AvgIpc) is 2.62. The van der Waals surface area contributed by atoms with Crippen LogP contribution in [0.25, 0.3) is 0 Å². The number of aryl methyl sites for hydroxylation is 1. The predicted octanol–water partition coefficient (Wildman–Crippen LogP) is 3.35. The van der Waals surface area contributed by atoms with Crippen LogP contribution in [0.1, 0.15) is 36.4 Å². The first-order valence-electron chi connectivity index (χ1n) is 8.24. The molecular weight excluding hydrogens is 322 g/mol. The van der Waals surface area contributed by atoms with Crippen molar-refractivity contribution >= 4 is 15.8 Å². The van der Waals surface area contributed by atoms with Crippen molar-refractivity contribution < 1.29 is 8.42 Å². The minimum absolute atomic E-state index is 0.150. The number of sulfonamides is 1. The zero-order valence-electron chi connectivity index (χ0n) is 14.1. The number of rotatable bonds is 4. The first-order valence-corrected chi connectivity index (χ1v) is 9.68. The summed E-state index contributed by atoms with van der Waals surface area (Å²) in [6.45, 7) is 2.50. The van der Waals surface area contributed by atoms with Gasteiger partial charge in [0, 0.05) is 19.8 Å². The summed E-state index contributed by atoms with van der Waals surface area (Å²) >= 11 is 0. The van der Waals surface area contributed by atoms with E-state index < -0.39 is 10.0 Å². The normalized spacial score (nSPS) is 19.2. The summed E-state index contributed by atoms with van der Waals surface area (Å²) in [5.74, 6) is 0.780. The third-order valence-electron chi connectivity index (χ3n) is 4.51. The Kier molecular flexibility index (Phi) is 4.87. The van der Waals surface area contributed by atoms with E-state index in [-0.39, 0.29) is 6.04 Å². The van der Waals surface area contributed by atoms with Gasteiger partial charge in [-0.3, -0.25) is 0 Å². The molecule has 1 atom stereocenters. The minimum atomic E-state index is -3.50. The van der Waals surface area contributed by atoms with Gasteiger partial charge in [-0.1, -0.05) is 30.2 Å². The molecule has 1 saturated heterocycles. The van der Waals surface area contributed by atoms with Crippen LogP contribution in [0, 0.1) is 6.92 Å². The van der Waals surface area contributed by atoms with Crippen LogP contribution in [-0.2, 0) is 10.0 Å². The molecule has 0 saturated carbocycles. The van der Waals surface area contributed by atoms with E-state index in [0.29, 0.717) is 11.4 Å². The van der Waals surface area contributed by atoms with Gasteiger partial charge in [-0.15, -0.1) is 0 Å². The molecule has 6 heteroatoms. The van der Waals surface area contributed by atoms with Crippen LogP contribution in [0.2, 0.25) is 0 Å². The molecule has 3 rings (SSSR count). The van der Waals surface area contributed by atoms with E-state index in [1.165, 1.54) is 0 Å². The second kappa shape index (κ2) is 6.91. The molecule has 0 unspecified atom stereocenters. The smallest absolute Gasteiger partial charge is 0.243 e. The largest absolute Gasteiger partial charge is 0.373 e. The molecule has 2 heterocycles. The molecule has 1 aliphatic heterocycles. The Morgan fingerprint density at radius 1 is 1.12 bits per heavy atom. The molecule has 1 aromatic carbocycles. The number of aromatic nitrogens is 1. The third-order valence-corrected chi connectivity index (χ3v) is 6.43. The van der Waals surface area contributed by atoms with Crippen molar-refractivity contribution in [3.8, 4) is 0 Å². The summed E-state index contributed by atoms with van der Waals surface area (Å²) in [6.07, 6.45) is 4.52. The van der Waals surface area contributed by atoms with Gasteiger partial charge in [0.1, 0.15) is 5.82 Å². The quantitative estimate of drug-likeness (QED) is 0.923. The Bertz CT molecular complexity index is 786. The summed E-state index contributed by atoms with van der Waals surface area (Å²) in [5.41, 5.74) is 2.00. The van der Waals surface area contributed by atoms with Gasteiger partial charge in [0.15, 0.2) is 0 Å². The Balaban J connectivity index is 1.95. The first-order chi connectivity index (χ1) is 11.5. The van der Waals surface area contributed by atoms with Crippen LogP contribution in [0.5, 0.6) is 0 Å². The third kappa shape index (κ3) is 3.30. The van der Waals surface area contributed by atoms with Gasteiger partial charge in [0.2, 0.25) is 10.0 Å². The lowest BCUT2D eigenvalue weighted by Crippen LogP contribution is -2.38. The number of anilines is 1. The fraction of sp³-hybridized carbons (Fsp3) is 0.389. The van der Waals surface area contributed by atoms with Crippen LogP contribution < -0.4 is 5.32 Å². The molecule has 128 valence electrons. The van der Waals surface area contributed by atoms with Gasteiger partial charge in [-0.05, 0) is 43.5 Å². The van der Waals surface area contributed by atoms with Crippen molar-refractivity contribution in [2.45, 2.75) is 37.1 Å². The van der Waals surface area contributed by atoms with E-state index in [1.54, 1.807) is 22.6 Å². The number of pyridine rings is 1. The summed E-state index contributed by atoms with van der Waals surface area (Å²) in [4.78, 5) is 4.70. The van der Waals surface area contributed by atoms with Crippen molar-refractivity contribution in [1.82, 2.24) is 9.29 Å². The van der Waals surface area contributed by atoms with Crippen molar-refractivity contribution in [3.63, 3.8) is 0 Å². The van der Waals surface area contributed by atoms with E-state index in [2.05, 4.69) is 10.3 Å². The molecule has 0 amide bonds. The number of piperidine rings is 1. The highest BCUT2D eigenvalue weighted by atomic mass is 32.2. The predicted molar refractivity (Wildman–Crippen MR) is 95.4 cm³/mol. The first kappa shape index (κ1) is 16.9. The zero-order valence-corrected chi connectivity index (χ0v) is 14.9. The maximum absolute atomic E-state index is 13.1. The van der Waals surface area contributed by atoms with Crippen molar-refractivity contribution in [2.75, 3.05) is 18.9 Å². The van der Waals surface area contributed by atoms with Crippen molar-refractivity contribution in [2.24, 2.45) is 0 Å². The molecule has 2 aromatic rings. The maximum Gasteiger partial charge on any atom is 0.243 e. The highest BCUT2D eigenvalue weighted by Gasteiger charge is 2.34. The van der Waals surface area contributed by atoms with Gasteiger partial charge >= 0.3 is 0 Å². The van der Waals surface area contributed by atoms with E-state index in [0.717, 1.165) is 36.2 Å². The number of hydrogen-bond acceptors (Lipinski definition) is 4. The number of nitrogens with one attached hydrogen (secondary N) is 1. The summed E-state index contributed by atoms with van der Waals surface area (Å²) in [6, 6.07) is 10.8. The number of benzene rings is 1. The van der Waals surface area contributed by atoms with E-state index in [1.807, 2.05) is 38.2 Å². The molecule has 5 nitrogen and oxygen atoms in total. The van der Waals surface area contributed by atoms with Crippen LogP contribution in [-0.4, -0.2) is 31.3 Å². The number of nitrogens with zero attached hydrogens (tertiary/aromatic N) is 2. The topological polar surface area (TPSA) is 62.3 Å². The Labute approximate surface area is 143 Å². The molecule has 1 aromatic heterocycles. The van der Waals surface area contributed by atoms with Crippen LogP contribution in [0.4, 0.5) is 5.82 Å². The Hall–Kier alpha value is -1.92. The van der Waals surface area contributed by atoms with E-state index >= 15 is 0 Å². The van der Waals surface area contributed by atoms with Crippen LogP contribution >= 0.6 is 0 Å². The Morgan fingerprint density at radius 2 is 1.88 bits per heavy atom. The lowest BCUT2D eigenvalue weighted by molar-refractivity contribution is 0.255. The summed E-state index contributed by atoms with van der Waals surface area (Å²) in [7, 11) is -1.69. The van der Waals surface area contributed by atoms with Gasteiger partial charge < -0.3 is 5.32 Å². The zero-order chi connectivity index (χ0) is 17.2. The molecule has 0 radical (unpaired) electrons. The average molecular weight is 345 g/mol. The molecular formula is C18H23N3O2S. The molecule has 1 fully saturated rings. The standard InChI is InChI=1S/C18H23N3O2S/c1-14-6-9-16(10-7-14)24(22,23)21-12-4-3-5-17(21)15-8-11-18(19-2)20-13-15/h6-11,13,17H,3-5,12H2,1-2H3,(H,19,20)/t17-/m0/s1. The van der Waals surface area contributed by atoms with Crippen molar-refractivity contribution in [3.05, 3.63) is 53.7 Å². The Morgan fingerprint density at radius 3 is 2.50 bits per heavy atom. The monoisotopic (exact) mass is 345 g/mol. The maximum atomic E-state index is 13.1. The van der Waals surface area contributed by atoms with Gasteiger partial charge in [0.25, 0.3) is 0 Å². The minimum Gasteiger partial charge on any atom is -0.373 e. The van der Waals surface area contributed by atoms with Gasteiger partial charge in [0.05, 0.1) is 10.9 Å². The van der Waals surface area contributed by atoms with Gasteiger partial charge in [-0.25, -0.2) is 13.4 Å². The SMILES string of the molecule is CNc1ccc([C@@H]2CCCCN2S(=O)(=O)c2ccc(C)cc2)cn1. The van der Waals surface area contributed by atoms with E-state index in [9.17, 15) is 8.42 Å². The highest BCUT2D eigenvalue weighted by molar-refractivity contribution is 7.89. The second-order valence-corrected chi connectivity index (χ2v) is 8.06. The number of hydrogen-bond donors (Lipinski definition) is 1. The van der Waals surface area contributed by atoms with Crippen LogP contribution in [0.3, 0.4) is 0 Å². The molecule has 24 heavy (non-hydrogen) atoms. The lowest BCUT2D eigenvalue weighted by Gasteiger charge is -2.34. The second-order valence-electron chi connectivity index (χ2n) is 6.17. The molecule has 1 N–H and O–H groups in total. The summed E-state index contributed by atoms with van der Waals surface area (Å²) in [5, 5.41) is 2.99. The fourth-order valence-electron chi connectivity index (χ4n) is 3.12. The lowest BCUT2D eigenvalue weighted by atomic mass is 9.99. The molecule has 0 spiro atoms. The molecule has 1 aliphatic rings. The van der Waals surface area contributed by atoms with Crippen LogP contribution in [0.15, 0.2) is 47.5 Å². The molecule has 0 aliphatic carbocycles. The highest BCUT2D eigenvalue weighted by Crippen LogP contribution is 2.35. The fourth-order valence-corrected chi connectivity index (χ4v) is 4.80. The molecule has 0 bridgehead atoms. The summed E-state index contributed by atoms with van der Waals surface area (Å²) < 4.78 is 27.8. The van der Waals surface area contributed by atoms with E-state index in [4.69, 9.17) is 0 Å².